The summed E-state index contributed by atoms with van der Waals surface area (Å²) < 4.78 is 24.5. The monoisotopic (exact) mass is 236 g/mol. The van der Waals surface area contributed by atoms with Crippen molar-refractivity contribution in [2.45, 2.75) is 25.3 Å². The first-order valence-corrected chi connectivity index (χ1v) is 6.57. The van der Waals surface area contributed by atoms with Crippen LogP contribution in [0.3, 0.4) is 0 Å². The van der Waals surface area contributed by atoms with Crippen molar-refractivity contribution >= 4 is 16.0 Å². The van der Waals surface area contributed by atoms with Gasteiger partial charge < -0.3 is 10.4 Å². The van der Waals surface area contributed by atoms with E-state index < -0.39 is 21.7 Å². The molecule has 1 rings (SSSR count). The molecule has 0 radical (unpaired) electrons. The van der Waals surface area contributed by atoms with Gasteiger partial charge in [0.1, 0.15) is 0 Å². The first-order chi connectivity index (χ1) is 6.99. The minimum absolute atomic E-state index is 0.299. The van der Waals surface area contributed by atoms with Gasteiger partial charge in [0, 0.05) is 12.6 Å². The third-order valence-electron chi connectivity index (χ3n) is 2.29. The molecule has 7 heteroatoms. The molecule has 0 aromatic rings. The quantitative estimate of drug-likeness (QED) is 0.557. The number of hydrogen-bond donors (Lipinski definition) is 3. The predicted molar refractivity (Wildman–Crippen MR) is 55.1 cm³/mol. The van der Waals surface area contributed by atoms with Gasteiger partial charge in [0.05, 0.1) is 0 Å². The van der Waals surface area contributed by atoms with Gasteiger partial charge in [0.2, 0.25) is 10.0 Å². The maximum absolute atomic E-state index is 11.1. The molecule has 3 N–H and O–H groups in total. The Morgan fingerprint density at radius 1 is 1.53 bits per heavy atom. The minimum atomic E-state index is -3.65. The van der Waals surface area contributed by atoms with Gasteiger partial charge in [-0.3, -0.25) is 4.79 Å². The van der Waals surface area contributed by atoms with E-state index in [0.717, 1.165) is 19.4 Å². The number of aliphatic carboxylic acids is 1. The van der Waals surface area contributed by atoms with Crippen LogP contribution in [0.2, 0.25) is 0 Å². The van der Waals surface area contributed by atoms with E-state index in [4.69, 9.17) is 5.11 Å². The normalized spacial score (nSPS) is 21.7. The molecule has 1 fully saturated rings. The Bertz CT molecular complexity index is 309. The van der Waals surface area contributed by atoms with Gasteiger partial charge in [-0.25, -0.2) is 13.1 Å². The van der Waals surface area contributed by atoms with Crippen LogP contribution in [0, 0.1) is 0 Å². The SMILES string of the molecule is O=C(O)CS(=O)(=O)NCCC1CCCN1. The van der Waals surface area contributed by atoms with Crippen molar-refractivity contribution in [2.24, 2.45) is 0 Å². The molecule has 6 nitrogen and oxygen atoms in total. The second-order valence-corrected chi connectivity index (χ2v) is 5.44. The molecule has 88 valence electrons. The van der Waals surface area contributed by atoms with Gasteiger partial charge >= 0.3 is 5.97 Å². The zero-order chi connectivity index (χ0) is 11.3. The molecule has 0 spiro atoms. The molecule has 1 unspecified atom stereocenters. The minimum Gasteiger partial charge on any atom is -0.480 e. The van der Waals surface area contributed by atoms with Crippen molar-refractivity contribution in [1.29, 1.82) is 0 Å². The summed E-state index contributed by atoms with van der Waals surface area (Å²) in [4.78, 5) is 10.2. The Morgan fingerprint density at radius 3 is 2.80 bits per heavy atom. The lowest BCUT2D eigenvalue weighted by molar-refractivity contribution is -0.134. The zero-order valence-electron chi connectivity index (χ0n) is 8.40. The lowest BCUT2D eigenvalue weighted by Gasteiger charge is -2.10. The highest BCUT2D eigenvalue weighted by Gasteiger charge is 2.17. The molecule has 0 amide bonds. The van der Waals surface area contributed by atoms with Gasteiger partial charge in [-0.2, -0.15) is 0 Å². The number of carboxylic acids is 1. The highest BCUT2D eigenvalue weighted by Crippen LogP contribution is 2.07. The van der Waals surface area contributed by atoms with Crippen LogP contribution in [-0.2, 0) is 14.8 Å². The molecular formula is C8H16N2O4S. The first-order valence-electron chi connectivity index (χ1n) is 4.92. The molecule has 0 bridgehead atoms. The molecule has 1 aliphatic heterocycles. The van der Waals surface area contributed by atoms with Gasteiger partial charge in [-0.05, 0) is 25.8 Å². The fourth-order valence-electron chi connectivity index (χ4n) is 1.61. The Kier molecular flexibility index (Phi) is 4.49. The van der Waals surface area contributed by atoms with Crippen LogP contribution in [0.1, 0.15) is 19.3 Å². The van der Waals surface area contributed by atoms with Crippen molar-refractivity contribution in [2.75, 3.05) is 18.8 Å². The number of carboxylic acid groups (broad SMARTS) is 1. The number of sulfonamides is 1. The Balaban J connectivity index is 2.20. The van der Waals surface area contributed by atoms with Gasteiger partial charge in [-0.15, -0.1) is 0 Å². The highest BCUT2D eigenvalue weighted by molar-refractivity contribution is 7.90. The van der Waals surface area contributed by atoms with E-state index >= 15 is 0 Å². The second kappa shape index (κ2) is 5.43. The molecule has 0 aromatic carbocycles. The second-order valence-electron chi connectivity index (χ2n) is 3.63. The van der Waals surface area contributed by atoms with Crippen LogP contribution in [0.5, 0.6) is 0 Å². The van der Waals surface area contributed by atoms with Crippen molar-refractivity contribution in [3.63, 3.8) is 0 Å². The number of nitrogens with one attached hydrogen (secondary N) is 2. The lowest BCUT2D eigenvalue weighted by atomic mass is 10.2. The van der Waals surface area contributed by atoms with Crippen molar-refractivity contribution < 1.29 is 18.3 Å². The molecule has 0 aromatic heterocycles. The standard InChI is InChI=1S/C8H16N2O4S/c11-8(12)6-15(13,14)10-5-3-7-2-1-4-9-7/h7,9-10H,1-6H2,(H,11,12). The molecule has 1 aliphatic rings. The lowest BCUT2D eigenvalue weighted by Crippen LogP contribution is -2.33. The van der Waals surface area contributed by atoms with Crippen LogP contribution in [-0.4, -0.2) is 44.4 Å². The van der Waals surface area contributed by atoms with E-state index in [1.54, 1.807) is 0 Å². The summed E-state index contributed by atoms with van der Waals surface area (Å²) in [5, 5.41) is 11.6. The summed E-state index contributed by atoms with van der Waals surface area (Å²) in [7, 11) is -3.65. The van der Waals surface area contributed by atoms with Crippen molar-refractivity contribution in [3.05, 3.63) is 0 Å². The van der Waals surface area contributed by atoms with Crippen LogP contribution in [0.15, 0.2) is 0 Å². The van der Waals surface area contributed by atoms with Crippen LogP contribution in [0.4, 0.5) is 0 Å². The van der Waals surface area contributed by atoms with Crippen LogP contribution < -0.4 is 10.0 Å². The topological polar surface area (TPSA) is 95.5 Å². The van der Waals surface area contributed by atoms with E-state index in [1.807, 2.05) is 0 Å². The van der Waals surface area contributed by atoms with E-state index in [-0.39, 0.29) is 0 Å². The molecule has 15 heavy (non-hydrogen) atoms. The Morgan fingerprint density at radius 2 is 2.27 bits per heavy atom. The number of hydrogen-bond acceptors (Lipinski definition) is 4. The zero-order valence-corrected chi connectivity index (χ0v) is 9.22. The maximum Gasteiger partial charge on any atom is 0.320 e. The predicted octanol–water partition coefficient (Wildman–Crippen LogP) is -0.867. The average molecular weight is 236 g/mol. The Labute approximate surface area is 89.1 Å². The molecule has 0 saturated carbocycles. The maximum atomic E-state index is 11.1. The summed E-state index contributed by atoms with van der Waals surface area (Å²) in [6.07, 6.45) is 2.88. The van der Waals surface area contributed by atoms with E-state index in [0.29, 0.717) is 19.0 Å². The summed E-state index contributed by atoms with van der Waals surface area (Å²) >= 11 is 0. The molecule has 0 aliphatic carbocycles. The summed E-state index contributed by atoms with van der Waals surface area (Å²) in [6, 6.07) is 0.359. The molecule has 1 atom stereocenters. The first kappa shape index (κ1) is 12.4. The van der Waals surface area contributed by atoms with Gasteiger partial charge in [-0.1, -0.05) is 0 Å². The van der Waals surface area contributed by atoms with E-state index in [9.17, 15) is 13.2 Å². The molecule has 1 saturated heterocycles. The average Bonchev–Trinajstić information content (AvgIpc) is 2.53. The number of rotatable bonds is 6. The fourth-order valence-corrected chi connectivity index (χ4v) is 2.46. The van der Waals surface area contributed by atoms with Crippen molar-refractivity contribution in [3.8, 4) is 0 Å². The molecule has 1 heterocycles. The van der Waals surface area contributed by atoms with Crippen molar-refractivity contribution in [1.82, 2.24) is 10.0 Å². The van der Waals surface area contributed by atoms with Gasteiger partial charge in [0.15, 0.2) is 5.75 Å². The Hall–Kier alpha value is -0.660. The van der Waals surface area contributed by atoms with Crippen LogP contribution in [0.25, 0.3) is 0 Å². The largest absolute Gasteiger partial charge is 0.480 e. The van der Waals surface area contributed by atoms with Gasteiger partial charge in [0.25, 0.3) is 0 Å². The fraction of sp³-hybridized carbons (Fsp3) is 0.875. The highest BCUT2D eigenvalue weighted by atomic mass is 32.2. The number of carbonyl (C=O) groups is 1. The third-order valence-corrected chi connectivity index (χ3v) is 3.56. The summed E-state index contributed by atoms with van der Waals surface area (Å²) in [5.74, 6) is -2.19. The smallest absolute Gasteiger partial charge is 0.320 e. The van der Waals surface area contributed by atoms with E-state index in [2.05, 4.69) is 10.0 Å². The third kappa shape index (κ3) is 5.10. The summed E-state index contributed by atoms with van der Waals surface area (Å²) in [5.41, 5.74) is 0. The summed E-state index contributed by atoms with van der Waals surface area (Å²) in [6.45, 7) is 1.28. The molecular weight excluding hydrogens is 220 g/mol. The van der Waals surface area contributed by atoms with Crippen LogP contribution >= 0.6 is 0 Å². The van der Waals surface area contributed by atoms with E-state index in [1.165, 1.54) is 0 Å².